The second-order valence-corrected chi connectivity index (χ2v) is 7.64. The molecule has 0 N–H and O–H groups in total. The third-order valence-corrected chi connectivity index (χ3v) is 5.28. The Morgan fingerprint density at radius 2 is 0.867 bits per heavy atom. The summed E-state index contributed by atoms with van der Waals surface area (Å²) >= 11 is 12.4. The highest BCUT2D eigenvalue weighted by atomic mass is 35.5. The van der Waals surface area contributed by atoms with Crippen LogP contribution in [0.2, 0.25) is 10.0 Å². The van der Waals surface area contributed by atoms with Crippen LogP contribution in [0.1, 0.15) is 31.8 Å². The number of rotatable bonds is 5. The first-order valence-electron chi connectivity index (χ1n) is 9.33. The normalized spacial score (nSPS) is 10.6. The van der Waals surface area contributed by atoms with Crippen LogP contribution in [0.25, 0.3) is 11.1 Å². The molecule has 0 saturated carbocycles. The van der Waals surface area contributed by atoms with E-state index in [0.29, 0.717) is 43.4 Å². The smallest absolute Gasteiger partial charge is 0.193 e. The molecule has 0 heterocycles. The molecule has 0 unspecified atom stereocenters. The molecule has 30 heavy (non-hydrogen) atoms. The van der Waals surface area contributed by atoms with Gasteiger partial charge in [0.15, 0.2) is 11.6 Å². The molecule has 0 aliphatic carbocycles. The summed E-state index contributed by atoms with van der Waals surface area (Å²) in [5.74, 6) is -0.331. The predicted molar refractivity (Wildman–Crippen MR) is 122 cm³/mol. The number of benzene rings is 4. The Hall–Kier alpha value is -3.20. The molecule has 2 nitrogen and oxygen atoms in total. The molecule has 146 valence electrons. The van der Waals surface area contributed by atoms with Gasteiger partial charge in [-0.05, 0) is 35.4 Å². The molecule has 0 atom stereocenters. The number of halogens is 2. The van der Waals surface area contributed by atoms with Crippen molar-refractivity contribution < 1.29 is 9.59 Å². The summed E-state index contributed by atoms with van der Waals surface area (Å²) in [6.07, 6.45) is 0. The number of ketones is 2. The highest BCUT2D eigenvalue weighted by Crippen LogP contribution is 2.33. The van der Waals surface area contributed by atoms with Crippen LogP contribution in [-0.2, 0) is 0 Å². The van der Waals surface area contributed by atoms with Crippen LogP contribution in [0.4, 0.5) is 0 Å². The van der Waals surface area contributed by atoms with E-state index < -0.39 is 0 Å². The van der Waals surface area contributed by atoms with Gasteiger partial charge in [-0.3, -0.25) is 9.59 Å². The zero-order valence-electron chi connectivity index (χ0n) is 15.8. The van der Waals surface area contributed by atoms with Crippen LogP contribution in [0.5, 0.6) is 0 Å². The quantitative estimate of drug-likeness (QED) is 0.315. The molecule has 4 rings (SSSR count). The Morgan fingerprint density at radius 1 is 0.500 bits per heavy atom. The van der Waals surface area contributed by atoms with Crippen LogP contribution in [0, 0.1) is 0 Å². The van der Waals surface area contributed by atoms with Gasteiger partial charge < -0.3 is 0 Å². The van der Waals surface area contributed by atoms with Gasteiger partial charge in [0.2, 0.25) is 0 Å². The summed E-state index contributed by atoms with van der Waals surface area (Å²) in [4.78, 5) is 26.5. The van der Waals surface area contributed by atoms with Crippen LogP contribution in [0.3, 0.4) is 0 Å². The van der Waals surface area contributed by atoms with Gasteiger partial charge in [-0.1, -0.05) is 96.0 Å². The fraction of sp³-hybridized carbons (Fsp3) is 0. The van der Waals surface area contributed by atoms with Gasteiger partial charge >= 0.3 is 0 Å². The topological polar surface area (TPSA) is 34.1 Å². The second-order valence-electron chi connectivity index (χ2n) is 6.77. The molecule has 0 aliphatic heterocycles. The van der Waals surface area contributed by atoms with Crippen molar-refractivity contribution in [3.05, 3.63) is 129 Å². The van der Waals surface area contributed by atoms with Crippen molar-refractivity contribution in [1.82, 2.24) is 0 Å². The largest absolute Gasteiger partial charge is 0.289 e. The van der Waals surface area contributed by atoms with Crippen molar-refractivity contribution in [2.45, 2.75) is 0 Å². The molecule has 0 amide bonds. The minimum absolute atomic E-state index is 0.166. The molecule has 0 saturated heterocycles. The SMILES string of the molecule is O=C(c1ccccc1)c1cc(Cl)ccc1-c1ccc(Cl)cc1C(=O)c1ccccc1. The van der Waals surface area contributed by atoms with E-state index in [2.05, 4.69) is 0 Å². The van der Waals surface area contributed by atoms with Crippen molar-refractivity contribution in [2.75, 3.05) is 0 Å². The molecule has 0 aromatic heterocycles. The molecule has 4 aromatic rings. The maximum atomic E-state index is 13.2. The lowest BCUT2D eigenvalue weighted by molar-refractivity contribution is 0.103. The summed E-state index contributed by atoms with van der Waals surface area (Å²) in [7, 11) is 0. The van der Waals surface area contributed by atoms with Gasteiger partial charge in [-0.25, -0.2) is 0 Å². The van der Waals surface area contributed by atoms with E-state index in [9.17, 15) is 9.59 Å². The predicted octanol–water partition coefficient (Wildman–Crippen LogP) is 7.12. The van der Waals surface area contributed by atoms with Gasteiger partial charge in [0, 0.05) is 32.3 Å². The minimum atomic E-state index is -0.166. The average Bonchev–Trinajstić information content (AvgIpc) is 2.79. The third-order valence-electron chi connectivity index (χ3n) is 4.81. The Bertz CT molecular complexity index is 1130. The van der Waals surface area contributed by atoms with E-state index in [1.807, 2.05) is 36.4 Å². The summed E-state index contributed by atoms with van der Waals surface area (Å²) < 4.78 is 0. The molecule has 0 spiro atoms. The fourth-order valence-electron chi connectivity index (χ4n) is 3.37. The third kappa shape index (κ3) is 4.06. The second kappa shape index (κ2) is 8.66. The first kappa shape index (κ1) is 20.1. The van der Waals surface area contributed by atoms with Crippen LogP contribution < -0.4 is 0 Å². The van der Waals surface area contributed by atoms with Crippen molar-refractivity contribution >= 4 is 34.8 Å². The van der Waals surface area contributed by atoms with Crippen LogP contribution in [0.15, 0.2) is 97.1 Å². The van der Waals surface area contributed by atoms with Crippen LogP contribution in [-0.4, -0.2) is 11.6 Å². The van der Waals surface area contributed by atoms with Gasteiger partial charge in [-0.15, -0.1) is 0 Å². The zero-order valence-corrected chi connectivity index (χ0v) is 17.3. The first-order valence-corrected chi connectivity index (χ1v) is 10.1. The van der Waals surface area contributed by atoms with E-state index in [-0.39, 0.29) is 11.6 Å². The fourth-order valence-corrected chi connectivity index (χ4v) is 3.71. The molecule has 0 aliphatic rings. The average molecular weight is 431 g/mol. The van der Waals surface area contributed by atoms with E-state index >= 15 is 0 Å². The van der Waals surface area contributed by atoms with Gasteiger partial charge in [0.25, 0.3) is 0 Å². The lowest BCUT2D eigenvalue weighted by atomic mass is 9.89. The first-order chi connectivity index (χ1) is 14.5. The lowest BCUT2D eigenvalue weighted by Gasteiger charge is -2.14. The summed E-state index contributed by atoms with van der Waals surface area (Å²) in [5.41, 5.74) is 3.21. The minimum Gasteiger partial charge on any atom is -0.289 e. The molecular weight excluding hydrogens is 415 g/mol. The number of hydrogen-bond donors (Lipinski definition) is 0. The van der Waals surface area contributed by atoms with E-state index in [4.69, 9.17) is 23.2 Å². The Morgan fingerprint density at radius 3 is 1.23 bits per heavy atom. The summed E-state index contributed by atoms with van der Waals surface area (Å²) in [5, 5.41) is 0.894. The molecular formula is C26H16Cl2O2. The highest BCUT2D eigenvalue weighted by Gasteiger charge is 2.21. The zero-order chi connectivity index (χ0) is 21.1. The maximum Gasteiger partial charge on any atom is 0.193 e. The van der Waals surface area contributed by atoms with E-state index in [0.717, 1.165) is 0 Å². The summed E-state index contributed by atoms with van der Waals surface area (Å²) in [6.45, 7) is 0. The maximum absolute atomic E-state index is 13.2. The van der Waals surface area contributed by atoms with Gasteiger partial charge in [0.05, 0.1) is 0 Å². The van der Waals surface area contributed by atoms with Crippen molar-refractivity contribution in [2.24, 2.45) is 0 Å². The van der Waals surface area contributed by atoms with Crippen LogP contribution >= 0.6 is 23.2 Å². The lowest BCUT2D eigenvalue weighted by Crippen LogP contribution is -2.07. The number of carbonyl (C=O) groups is 2. The Balaban J connectivity index is 1.90. The van der Waals surface area contributed by atoms with E-state index in [1.54, 1.807) is 60.7 Å². The number of hydrogen-bond acceptors (Lipinski definition) is 2. The highest BCUT2D eigenvalue weighted by molar-refractivity contribution is 6.32. The molecule has 0 radical (unpaired) electrons. The summed E-state index contributed by atoms with van der Waals surface area (Å²) in [6, 6.07) is 28.2. The van der Waals surface area contributed by atoms with Crippen molar-refractivity contribution in [3.63, 3.8) is 0 Å². The van der Waals surface area contributed by atoms with Gasteiger partial charge in [-0.2, -0.15) is 0 Å². The molecule has 4 aromatic carbocycles. The Kier molecular flexibility index (Phi) is 5.80. The van der Waals surface area contributed by atoms with Crippen molar-refractivity contribution in [3.8, 4) is 11.1 Å². The Labute approximate surface area is 184 Å². The molecule has 0 bridgehead atoms. The van der Waals surface area contributed by atoms with E-state index in [1.165, 1.54) is 0 Å². The number of carbonyl (C=O) groups excluding carboxylic acids is 2. The van der Waals surface area contributed by atoms with Crippen molar-refractivity contribution in [1.29, 1.82) is 0 Å². The van der Waals surface area contributed by atoms with Gasteiger partial charge in [0.1, 0.15) is 0 Å². The monoisotopic (exact) mass is 430 g/mol. The standard InChI is InChI=1S/C26H16Cl2O2/c27-19-11-13-21(23(15-19)25(29)17-7-3-1-4-8-17)22-14-12-20(28)16-24(22)26(30)18-9-5-2-6-10-18/h1-16H. The molecule has 0 fully saturated rings. The molecule has 4 heteroatoms.